The highest BCUT2D eigenvalue weighted by Crippen LogP contribution is 2.37. The standard InChI is InChI=1S/C18H18FN5.3ClH/c19-15-3-1-14(2-4-15)17-16(13-5-7-20-8-6-13)18(23-22-17)24-11-9-21-10-12-24;;;/h1-8,21H,9-12H2,(H,22,23);3*1H. The van der Waals surface area contributed by atoms with Gasteiger partial charge in [-0.2, -0.15) is 5.10 Å². The third-order valence-electron chi connectivity index (χ3n) is 4.27. The monoisotopic (exact) mass is 431 g/mol. The molecule has 0 radical (unpaired) electrons. The van der Waals surface area contributed by atoms with Crippen LogP contribution in [-0.4, -0.2) is 41.4 Å². The molecule has 27 heavy (non-hydrogen) atoms. The van der Waals surface area contributed by atoms with E-state index in [0.717, 1.165) is 54.4 Å². The summed E-state index contributed by atoms with van der Waals surface area (Å²) < 4.78 is 13.3. The number of H-pyrrole nitrogens is 1. The van der Waals surface area contributed by atoms with Crippen LogP contribution in [-0.2, 0) is 0 Å². The van der Waals surface area contributed by atoms with Crippen LogP contribution in [0.4, 0.5) is 10.2 Å². The predicted molar refractivity (Wildman–Crippen MR) is 114 cm³/mol. The van der Waals surface area contributed by atoms with Crippen molar-refractivity contribution in [3.05, 3.63) is 54.6 Å². The maximum Gasteiger partial charge on any atom is 0.159 e. The second kappa shape index (κ2) is 10.5. The summed E-state index contributed by atoms with van der Waals surface area (Å²) in [4.78, 5) is 6.38. The van der Waals surface area contributed by atoms with Crippen molar-refractivity contribution in [2.45, 2.75) is 0 Å². The maximum atomic E-state index is 13.3. The molecule has 0 saturated carbocycles. The van der Waals surface area contributed by atoms with E-state index in [9.17, 15) is 4.39 Å². The number of rotatable bonds is 3. The van der Waals surface area contributed by atoms with Crippen LogP contribution in [0, 0.1) is 5.82 Å². The van der Waals surface area contributed by atoms with Gasteiger partial charge >= 0.3 is 0 Å². The van der Waals surface area contributed by atoms with E-state index in [2.05, 4.69) is 25.4 Å². The Morgan fingerprint density at radius 1 is 0.852 bits per heavy atom. The first-order valence-corrected chi connectivity index (χ1v) is 8.03. The third kappa shape index (κ3) is 4.90. The summed E-state index contributed by atoms with van der Waals surface area (Å²) in [5, 5.41) is 11.1. The number of hydrogen-bond acceptors (Lipinski definition) is 4. The van der Waals surface area contributed by atoms with E-state index in [0.29, 0.717) is 0 Å². The molecular formula is C18H21Cl3FN5. The zero-order chi connectivity index (χ0) is 16.4. The molecule has 5 nitrogen and oxygen atoms in total. The van der Waals surface area contributed by atoms with Gasteiger partial charge in [-0.3, -0.25) is 10.1 Å². The van der Waals surface area contributed by atoms with Gasteiger partial charge < -0.3 is 10.2 Å². The minimum absolute atomic E-state index is 0. The number of aromatic amines is 1. The van der Waals surface area contributed by atoms with E-state index in [1.807, 2.05) is 12.1 Å². The highest BCUT2D eigenvalue weighted by atomic mass is 35.5. The summed E-state index contributed by atoms with van der Waals surface area (Å²) >= 11 is 0. The van der Waals surface area contributed by atoms with Crippen molar-refractivity contribution in [3.63, 3.8) is 0 Å². The molecule has 2 N–H and O–H groups in total. The molecule has 1 saturated heterocycles. The fraction of sp³-hybridized carbons (Fsp3) is 0.222. The van der Waals surface area contributed by atoms with E-state index in [1.54, 1.807) is 24.5 Å². The molecule has 1 aliphatic heterocycles. The Hall–Kier alpha value is -1.86. The van der Waals surface area contributed by atoms with Gasteiger partial charge in [-0.25, -0.2) is 4.39 Å². The van der Waals surface area contributed by atoms with Crippen LogP contribution in [0.5, 0.6) is 0 Å². The van der Waals surface area contributed by atoms with E-state index in [-0.39, 0.29) is 43.0 Å². The lowest BCUT2D eigenvalue weighted by Gasteiger charge is -2.28. The molecule has 0 atom stereocenters. The summed E-state index contributed by atoms with van der Waals surface area (Å²) in [5.41, 5.74) is 3.89. The van der Waals surface area contributed by atoms with Crippen LogP contribution < -0.4 is 10.2 Å². The number of halogens is 4. The Bertz CT molecular complexity index is 821. The fourth-order valence-corrected chi connectivity index (χ4v) is 3.06. The lowest BCUT2D eigenvalue weighted by atomic mass is 10.0. The lowest BCUT2D eigenvalue weighted by molar-refractivity contribution is 0.585. The van der Waals surface area contributed by atoms with Crippen LogP contribution in [0.2, 0.25) is 0 Å². The average Bonchev–Trinajstić information content (AvgIpc) is 3.09. The second-order valence-electron chi connectivity index (χ2n) is 5.78. The number of anilines is 1. The van der Waals surface area contributed by atoms with E-state index < -0.39 is 0 Å². The Balaban J connectivity index is 0.00000121. The molecule has 2 aromatic heterocycles. The molecule has 4 rings (SSSR count). The molecule has 1 aliphatic rings. The van der Waals surface area contributed by atoms with Crippen LogP contribution >= 0.6 is 37.2 Å². The predicted octanol–water partition coefficient (Wildman–Crippen LogP) is 3.95. The van der Waals surface area contributed by atoms with Crippen molar-refractivity contribution in [2.75, 3.05) is 31.1 Å². The summed E-state index contributed by atoms with van der Waals surface area (Å²) in [6.45, 7) is 3.70. The summed E-state index contributed by atoms with van der Waals surface area (Å²) in [5.74, 6) is 0.688. The van der Waals surface area contributed by atoms with Crippen LogP contribution in [0.15, 0.2) is 48.8 Å². The number of benzene rings is 1. The normalized spacial score (nSPS) is 13.1. The Kier molecular flexibility index (Phi) is 8.99. The van der Waals surface area contributed by atoms with Crippen molar-refractivity contribution in [1.29, 1.82) is 0 Å². The Morgan fingerprint density at radius 2 is 1.48 bits per heavy atom. The first kappa shape index (κ1) is 23.2. The molecule has 0 bridgehead atoms. The van der Waals surface area contributed by atoms with Crippen molar-refractivity contribution in [3.8, 4) is 22.4 Å². The lowest BCUT2D eigenvalue weighted by Crippen LogP contribution is -2.43. The molecule has 0 amide bonds. The quantitative estimate of drug-likeness (QED) is 0.658. The zero-order valence-electron chi connectivity index (χ0n) is 14.4. The summed E-state index contributed by atoms with van der Waals surface area (Å²) in [7, 11) is 0. The molecule has 146 valence electrons. The minimum Gasteiger partial charge on any atom is -0.352 e. The highest BCUT2D eigenvalue weighted by Gasteiger charge is 2.22. The van der Waals surface area contributed by atoms with Crippen molar-refractivity contribution in [1.82, 2.24) is 20.5 Å². The zero-order valence-corrected chi connectivity index (χ0v) is 16.8. The van der Waals surface area contributed by atoms with Gasteiger partial charge in [0, 0.05) is 44.1 Å². The van der Waals surface area contributed by atoms with Crippen LogP contribution in [0.3, 0.4) is 0 Å². The number of nitrogens with one attached hydrogen (secondary N) is 2. The van der Waals surface area contributed by atoms with E-state index >= 15 is 0 Å². The van der Waals surface area contributed by atoms with Crippen molar-refractivity contribution < 1.29 is 4.39 Å². The summed E-state index contributed by atoms with van der Waals surface area (Å²) in [6.07, 6.45) is 3.55. The second-order valence-corrected chi connectivity index (χ2v) is 5.78. The molecular weight excluding hydrogens is 412 g/mol. The van der Waals surface area contributed by atoms with Gasteiger partial charge in [0.2, 0.25) is 0 Å². The molecule has 1 aromatic carbocycles. The third-order valence-corrected chi connectivity index (χ3v) is 4.27. The highest BCUT2D eigenvalue weighted by molar-refractivity contribution is 5.89. The van der Waals surface area contributed by atoms with Gasteiger partial charge in [-0.15, -0.1) is 37.2 Å². The number of pyridine rings is 1. The average molecular weight is 433 g/mol. The smallest absolute Gasteiger partial charge is 0.159 e. The Morgan fingerprint density at radius 3 is 2.11 bits per heavy atom. The maximum absolute atomic E-state index is 13.3. The van der Waals surface area contributed by atoms with E-state index in [4.69, 9.17) is 0 Å². The van der Waals surface area contributed by atoms with Crippen LogP contribution in [0.25, 0.3) is 22.4 Å². The fourth-order valence-electron chi connectivity index (χ4n) is 3.06. The largest absolute Gasteiger partial charge is 0.352 e. The number of nitrogens with zero attached hydrogens (tertiary/aromatic N) is 3. The van der Waals surface area contributed by atoms with Gasteiger partial charge in [0.05, 0.1) is 11.3 Å². The van der Waals surface area contributed by atoms with Gasteiger partial charge in [0.1, 0.15) is 5.82 Å². The van der Waals surface area contributed by atoms with Gasteiger partial charge in [-0.05, 0) is 42.0 Å². The molecule has 9 heteroatoms. The molecule has 0 aliphatic carbocycles. The SMILES string of the molecule is Cl.Cl.Cl.Fc1ccc(-c2[nH]nc(N3CCNCC3)c2-c2ccncc2)cc1. The van der Waals surface area contributed by atoms with Crippen molar-refractivity contribution in [2.24, 2.45) is 0 Å². The molecule has 0 unspecified atom stereocenters. The number of hydrogen-bond donors (Lipinski definition) is 2. The Labute approximate surface area is 176 Å². The minimum atomic E-state index is -0.244. The molecule has 3 heterocycles. The van der Waals surface area contributed by atoms with Crippen LogP contribution in [0.1, 0.15) is 0 Å². The first-order valence-electron chi connectivity index (χ1n) is 8.03. The van der Waals surface area contributed by atoms with Crippen molar-refractivity contribution >= 4 is 43.0 Å². The van der Waals surface area contributed by atoms with Gasteiger partial charge in [0.15, 0.2) is 5.82 Å². The molecule has 0 spiro atoms. The molecule has 3 aromatic rings. The van der Waals surface area contributed by atoms with Gasteiger partial charge in [-0.1, -0.05) is 0 Å². The topological polar surface area (TPSA) is 56.8 Å². The van der Waals surface area contributed by atoms with Gasteiger partial charge in [0.25, 0.3) is 0 Å². The van der Waals surface area contributed by atoms with E-state index in [1.165, 1.54) is 12.1 Å². The molecule has 1 fully saturated rings. The number of piperazine rings is 1. The number of aromatic nitrogens is 3. The first-order chi connectivity index (χ1) is 11.8. The summed E-state index contributed by atoms with van der Waals surface area (Å²) in [6, 6.07) is 10.4.